The molecule has 2 heterocycles. The number of hydrogen-bond acceptors (Lipinski definition) is 4. The maximum Gasteiger partial charge on any atom is 0.246 e. The molecule has 0 saturated carbocycles. The first-order valence-electron chi connectivity index (χ1n) is 10.6. The first-order chi connectivity index (χ1) is 14.8. The third kappa shape index (κ3) is 4.18. The molecule has 7 heteroatoms. The third-order valence-electron chi connectivity index (χ3n) is 6.19. The summed E-state index contributed by atoms with van der Waals surface area (Å²) in [6.45, 7) is 7.94. The number of aryl methyl sites for hydroxylation is 3. The summed E-state index contributed by atoms with van der Waals surface area (Å²) >= 11 is 0. The first kappa shape index (κ1) is 21.7. The molecule has 3 aromatic rings. The van der Waals surface area contributed by atoms with E-state index in [0.717, 1.165) is 0 Å². The number of sulfonamides is 1. The van der Waals surface area contributed by atoms with E-state index in [2.05, 4.69) is 65.5 Å². The Bertz CT molecular complexity index is 1150. The summed E-state index contributed by atoms with van der Waals surface area (Å²) in [6, 6.07) is 19.2. The van der Waals surface area contributed by atoms with E-state index in [1.165, 1.54) is 16.7 Å². The highest BCUT2D eigenvalue weighted by Gasteiger charge is 2.35. The highest BCUT2D eigenvalue weighted by atomic mass is 32.2. The molecule has 1 aliphatic rings. The van der Waals surface area contributed by atoms with Crippen LogP contribution in [-0.4, -0.2) is 53.6 Å². The van der Waals surface area contributed by atoms with E-state index in [0.29, 0.717) is 42.5 Å². The fourth-order valence-electron chi connectivity index (χ4n) is 4.46. The molecular weight excluding hydrogens is 408 g/mol. The monoisotopic (exact) mass is 438 g/mol. The highest BCUT2D eigenvalue weighted by Crippen LogP contribution is 2.31. The largest absolute Gasteiger partial charge is 0.290 e. The van der Waals surface area contributed by atoms with Gasteiger partial charge in [0.05, 0.1) is 17.4 Å². The van der Waals surface area contributed by atoms with Crippen LogP contribution in [0.3, 0.4) is 0 Å². The lowest BCUT2D eigenvalue weighted by atomic mass is 9.96. The van der Waals surface area contributed by atoms with Crippen molar-refractivity contribution in [3.05, 3.63) is 82.7 Å². The molecule has 0 spiro atoms. The van der Waals surface area contributed by atoms with E-state index in [4.69, 9.17) is 0 Å². The summed E-state index contributed by atoms with van der Waals surface area (Å²) in [5.41, 5.74) is 4.92. The number of aromatic nitrogens is 2. The van der Waals surface area contributed by atoms with Crippen LogP contribution >= 0.6 is 0 Å². The minimum atomic E-state index is -3.56. The summed E-state index contributed by atoms with van der Waals surface area (Å²) in [6.07, 6.45) is 0. The molecule has 6 nitrogen and oxygen atoms in total. The highest BCUT2D eigenvalue weighted by molar-refractivity contribution is 7.89. The van der Waals surface area contributed by atoms with Crippen molar-refractivity contribution in [2.45, 2.75) is 31.7 Å². The van der Waals surface area contributed by atoms with Crippen LogP contribution in [0.2, 0.25) is 0 Å². The molecule has 0 radical (unpaired) electrons. The third-order valence-corrected chi connectivity index (χ3v) is 8.34. The van der Waals surface area contributed by atoms with E-state index in [1.807, 2.05) is 13.0 Å². The van der Waals surface area contributed by atoms with E-state index >= 15 is 0 Å². The number of piperazine rings is 1. The minimum Gasteiger partial charge on any atom is -0.290 e. The summed E-state index contributed by atoms with van der Waals surface area (Å²) in [5.74, 6) is 0. The molecule has 31 heavy (non-hydrogen) atoms. The van der Waals surface area contributed by atoms with Crippen LogP contribution in [0.15, 0.2) is 59.5 Å². The molecule has 0 amide bonds. The van der Waals surface area contributed by atoms with Gasteiger partial charge in [0, 0.05) is 33.2 Å². The van der Waals surface area contributed by atoms with Gasteiger partial charge in [-0.15, -0.1) is 0 Å². The Kier molecular flexibility index (Phi) is 6.01. The first-order valence-corrected chi connectivity index (χ1v) is 12.1. The Morgan fingerprint density at radius 1 is 0.839 bits per heavy atom. The Morgan fingerprint density at radius 3 is 1.97 bits per heavy atom. The molecular formula is C24H30N4O2S. The van der Waals surface area contributed by atoms with Crippen LogP contribution < -0.4 is 0 Å². The van der Waals surface area contributed by atoms with Crippen LogP contribution in [0, 0.1) is 20.8 Å². The Labute approximate surface area is 185 Å². The van der Waals surface area contributed by atoms with E-state index in [-0.39, 0.29) is 6.04 Å². The molecule has 2 aromatic carbocycles. The normalized spacial score (nSPS) is 17.0. The zero-order valence-electron chi connectivity index (χ0n) is 18.6. The van der Waals surface area contributed by atoms with E-state index < -0.39 is 10.0 Å². The van der Waals surface area contributed by atoms with Crippen molar-refractivity contribution in [1.29, 1.82) is 0 Å². The molecule has 0 aliphatic carbocycles. The quantitative estimate of drug-likeness (QED) is 0.612. The number of hydrogen-bond donors (Lipinski definition) is 0. The van der Waals surface area contributed by atoms with Crippen molar-refractivity contribution in [2.24, 2.45) is 7.05 Å². The molecule has 164 valence electrons. The van der Waals surface area contributed by atoms with Gasteiger partial charge >= 0.3 is 0 Å². The van der Waals surface area contributed by atoms with Gasteiger partial charge in [-0.3, -0.25) is 9.58 Å². The van der Waals surface area contributed by atoms with Crippen molar-refractivity contribution in [1.82, 2.24) is 19.0 Å². The zero-order chi connectivity index (χ0) is 22.2. The molecule has 1 unspecified atom stereocenters. The fourth-order valence-corrected chi connectivity index (χ4v) is 6.28. The van der Waals surface area contributed by atoms with Crippen LogP contribution in [0.5, 0.6) is 0 Å². The summed E-state index contributed by atoms with van der Waals surface area (Å²) < 4.78 is 29.9. The Balaban J connectivity index is 1.59. The lowest BCUT2D eigenvalue weighted by Gasteiger charge is -2.39. The predicted molar refractivity (Wildman–Crippen MR) is 122 cm³/mol. The summed E-state index contributed by atoms with van der Waals surface area (Å²) in [4.78, 5) is 2.73. The summed E-state index contributed by atoms with van der Waals surface area (Å²) in [5, 5.41) is 4.30. The number of nitrogens with zero attached hydrogens (tertiary/aromatic N) is 4. The average Bonchev–Trinajstić information content (AvgIpc) is 3.02. The van der Waals surface area contributed by atoms with Gasteiger partial charge in [-0.2, -0.15) is 9.40 Å². The van der Waals surface area contributed by atoms with Crippen LogP contribution in [0.1, 0.15) is 34.1 Å². The second-order valence-corrected chi connectivity index (χ2v) is 10.2. The minimum absolute atomic E-state index is 0.105. The van der Waals surface area contributed by atoms with Gasteiger partial charge < -0.3 is 0 Å². The molecule has 1 aromatic heterocycles. The molecule has 0 N–H and O–H groups in total. The smallest absolute Gasteiger partial charge is 0.246 e. The maximum atomic E-state index is 13.4. The van der Waals surface area contributed by atoms with Crippen molar-refractivity contribution in [3.63, 3.8) is 0 Å². The van der Waals surface area contributed by atoms with E-state index in [9.17, 15) is 8.42 Å². The molecule has 1 aliphatic heterocycles. The van der Waals surface area contributed by atoms with Crippen molar-refractivity contribution in [3.8, 4) is 0 Å². The van der Waals surface area contributed by atoms with Crippen LogP contribution in [0.25, 0.3) is 0 Å². The number of benzene rings is 2. The van der Waals surface area contributed by atoms with Crippen molar-refractivity contribution >= 4 is 10.0 Å². The van der Waals surface area contributed by atoms with Crippen molar-refractivity contribution < 1.29 is 8.42 Å². The fraction of sp³-hybridized carbons (Fsp3) is 0.375. The SMILES string of the molecule is Cc1ccc(C(c2ccccc2)N2CCN(S(=O)(=O)c3c(C)nn(C)c3C)CC2)cc1. The van der Waals surface area contributed by atoms with Gasteiger partial charge in [0.2, 0.25) is 10.0 Å². The van der Waals surface area contributed by atoms with Gasteiger partial charge in [-0.05, 0) is 31.9 Å². The molecule has 1 atom stereocenters. The maximum absolute atomic E-state index is 13.4. The second kappa shape index (κ2) is 8.57. The molecule has 1 fully saturated rings. The van der Waals surface area contributed by atoms with Crippen molar-refractivity contribution in [2.75, 3.05) is 26.2 Å². The van der Waals surface area contributed by atoms with Gasteiger partial charge in [0.1, 0.15) is 4.90 Å². The van der Waals surface area contributed by atoms with E-state index in [1.54, 1.807) is 23.0 Å². The average molecular weight is 439 g/mol. The Morgan fingerprint density at radius 2 is 1.42 bits per heavy atom. The lowest BCUT2D eigenvalue weighted by molar-refractivity contribution is 0.155. The van der Waals surface area contributed by atoms with Crippen LogP contribution in [-0.2, 0) is 17.1 Å². The molecule has 0 bridgehead atoms. The summed E-state index contributed by atoms with van der Waals surface area (Å²) in [7, 11) is -1.78. The van der Waals surface area contributed by atoms with Crippen LogP contribution in [0.4, 0.5) is 0 Å². The van der Waals surface area contributed by atoms with Gasteiger partial charge in [-0.25, -0.2) is 8.42 Å². The zero-order valence-corrected chi connectivity index (χ0v) is 19.4. The number of rotatable bonds is 5. The van der Waals surface area contributed by atoms with Gasteiger partial charge in [-0.1, -0.05) is 60.2 Å². The predicted octanol–water partition coefficient (Wildman–Crippen LogP) is 3.44. The standard InChI is InChI=1S/C24H30N4O2S/c1-18-10-12-22(13-11-18)23(21-8-6-5-7-9-21)27-14-16-28(17-15-27)31(29,30)24-19(2)25-26(4)20(24)3/h5-13,23H,14-17H2,1-4H3. The van der Waals surface area contributed by atoms with Gasteiger partial charge in [0.25, 0.3) is 0 Å². The lowest BCUT2D eigenvalue weighted by Crippen LogP contribution is -2.49. The van der Waals surface area contributed by atoms with Gasteiger partial charge in [0.15, 0.2) is 0 Å². The molecule has 1 saturated heterocycles. The second-order valence-electron chi connectivity index (χ2n) is 8.29. The topological polar surface area (TPSA) is 58.4 Å². The Hall–Kier alpha value is -2.48. The molecule has 4 rings (SSSR count).